The summed E-state index contributed by atoms with van der Waals surface area (Å²) in [7, 11) is 0. The van der Waals surface area contributed by atoms with Crippen molar-refractivity contribution in [2.24, 2.45) is 0 Å². The molecule has 20 heavy (non-hydrogen) atoms. The van der Waals surface area contributed by atoms with Crippen LogP contribution in [0.15, 0.2) is 18.2 Å². The predicted octanol–water partition coefficient (Wildman–Crippen LogP) is 1.77. The molecule has 1 aromatic carbocycles. The average molecular weight is 292 g/mol. The Kier molecular flexibility index (Phi) is 4.24. The number of carbonyl (C=O) groups is 1. The van der Waals surface area contributed by atoms with Crippen molar-refractivity contribution in [3.8, 4) is 0 Å². The standard InChI is InChI=1S/C12H12F4N2O2/c13-9-2-1-7(5-8(9)12(14,15)16)18-11(19)10-6-20-4-3-17-10/h1-2,5,10,17H,3-4,6H2,(H,18,19). The van der Waals surface area contributed by atoms with E-state index in [1.807, 2.05) is 0 Å². The van der Waals surface area contributed by atoms with Gasteiger partial charge in [0.1, 0.15) is 11.9 Å². The van der Waals surface area contributed by atoms with E-state index in [2.05, 4.69) is 10.6 Å². The van der Waals surface area contributed by atoms with E-state index in [1.165, 1.54) is 0 Å². The van der Waals surface area contributed by atoms with Crippen LogP contribution in [0, 0.1) is 5.82 Å². The van der Waals surface area contributed by atoms with Crippen LogP contribution in [0.2, 0.25) is 0 Å². The summed E-state index contributed by atoms with van der Waals surface area (Å²) in [6.45, 7) is 1.09. The molecule has 1 unspecified atom stereocenters. The van der Waals surface area contributed by atoms with Crippen molar-refractivity contribution in [2.75, 3.05) is 25.1 Å². The number of ether oxygens (including phenoxy) is 1. The topological polar surface area (TPSA) is 50.4 Å². The van der Waals surface area contributed by atoms with Gasteiger partial charge in [-0.05, 0) is 18.2 Å². The molecule has 8 heteroatoms. The second kappa shape index (κ2) is 5.76. The smallest absolute Gasteiger partial charge is 0.378 e. The molecule has 1 fully saturated rings. The summed E-state index contributed by atoms with van der Waals surface area (Å²) >= 11 is 0. The Labute approximate surface area is 112 Å². The van der Waals surface area contributed by atoms with Gasteiger partial charge in [-0.3, -0.25) is 4.79 Å². The van der Waals surface area contributed by atoms with Crippen LogP contribution in [-0.4, -0.2) is 31.7 Å². The summed E-state index contributed by atoms with van der Waals surface area (Å²) in [6.07, 6.45) is -4.81. The number of alkyl halides is 3. The van der Waals surface area contributed by atoms with E-state index in [-0.39, 0.29) is 12.3 Å². The fraction of sp³-hybridized carbons (Fsp3) is 0.417. The van der Waals surface area contributed by atoms with E-state index in [9.17, 15) is 22.4 Å². The molecule has 4 nitrogen and oxygen atoms in total. The van der Waals surface area contributed by atoms with Crippen LogP contribution in [0.3, 0.4) is 0 Å². The van der Waals surface area contributed by atoms with Crippen molar-refractivity contribution < 1.29 is 27.1 Å². The zero-order valence-electron chi connectivity index (χ0n) is 10.3. The van der Waals surface area contributed by atoms with Crippen LogP contribution in [0.25, 0.3) is 0 Å². The maximum Gasteiger partial charge on any atom is 0.419 e. The van der Waals surface area contributed by atoms with Crippen LogP contribution in [0.5, 0.6) is 0 Å². The van der Waals surface area contributed by atoms with Crippen molar-refractivity contribution in [1.82, 2.24) is 5.32 Å². The van der Waals surface area contributed by atoms with Crippen LogP contribution < -0.4 is 10.6 Å². The van der Waals surface area contributed by atoms with Crippen LogP contribution in [0.1, 0.15) is 5.56 Å². The van der Waals surface area contributed by atoms with Gasteiger partial charge in [0, 0.05) is 12.2 Å². The van der Waals surface area contributed by atoms with Crippen LogP contribution >= 0.6 is 0 Å². The molecule has 2 N–H and O–H groups in total. The molecular weight excluding hydrogens is 280 g/mol. The van der Waals surface area contributed by atoms with E-state index in [1.54, 1.807) is 0 Å². The van der Waals surface area contributed by atoms with Gasteiger partial charge in [0.05, 0.1) is 18.8 Å². The molecule has 1 heterocycles. The molecule has 0 saturated carbocycles. The molecule has 0 aromatic heterocycles. The molecule has 0 bridgehead atoms. The van der Waals surface area contributed by atoms with Gasteiger partial charge in [0.2, 0.25) is 5.91 Å². The first-order chi connectivity index (χ1) is 9.38. The lowest BCUT2D eigenvalue weighted by molar-refractivity contribution is -0.140. The summed E-state index contributed by atoms with van der Waals surface area (Å²) in [6, 6.07) is 1.68. The monoisotopic (exact) mass is 292 g/mol. The van der Waals surface area contributed by atoms with Crippen molar-refractivity contribution >= 4 is 11.6 Å². The van der Waals surface area contributed by atoms with Crippen LogP contribution in [0.4, 0.5) is 23.2 Å². The van der Waals surface area contributed by atoms with E-state index in [0.29, 0.717) is 25.3 Å². The van der Waals surface area contributed by atoms with Crippen molar-refractivity contribution in [3.63, 3.8) is 0 Å². The summed E-state index contributed by atoms with van der Waals surface area (Å²) in [5.41, 5.74) is -1.53. The Bertz CT molecular complexity index is 499. The first-order valence-corrected chi connectivity index (χ1v) is 5.86. The van der Waals surface area contributed by atoms with Crippen molar-refractivity contribution in [2.45, 2.75) is 12.2 Å². The van der Waals surface area contributed by atoms with Crippen LogP contribution in [-0.2, 0) is 15.7 Å². The molecule has 1 aromatic rings. The molecule has 0 aliphatic carbocycles. The highest BCUT2D eigenvalue weighted by Crippen LogP contribution is 2.32. The number of rotatable bonds is 2. The summed E-state index contributed by atoms with van der Waals surface area (Å²) in [5, 5.41) is 5.17. The molecule has 1 atom stereocenters. The highest BCUT2D eigenvalue weighted by molar-refractivity contribution is 5.95. The predicted molar refractivity (Wildman–Crippen MR) is 62.6 cm³/mol. The number of amides is 1. The summed E-state index contributed by atoms with van der Waals surface area (Å²) in [4.78, 5) is 11.8. The average Bonchev–Trinajstić information content (AvgIpc) is 2.40. The lowest BCUT2D eigenvalue weighted by atomic mass is 10.1. The number of carbonyl (C=O) groups excluding carboxylic acids is 1. The maximum atomic E-state index is 13.1. The Morgan fingerprint density at radius 3 is 2.75 bits per heavy atom. The fourth-order valence-electron chi connectivity index (χ4n) is 1.78. The Hall–Kier alpha value is -1.67. The SMILES string of the molecule is O=C(Nc1ccc(F)c(C(F)(F)F)c1)C1COCCN1. The number of anilines is 1. The number of hydrogen-bond donors (Lipinski definition) is 2. The summed E-state index contributed by atoms with van der Waals surface area (Å²) < 4.78 is 55.8. The maximum absolute atomic E-state index is 13.1. The zero-order valence-corrected chi connectivity index (χ0v) is 10.3. The van der Waals surface area contributed by atoms with E-state index >= 15 is 0 Å². The second-order valence-corrected chi connectivity index (χ2v) is 4.26. The fourth-order valence-corrected chi connectivity index (χ4v) is 1.78. The molecule has 0 radical (unpaired) electrons. The van der Waals surface area contributed by atoms with Gasteiger partial charge < -0.3 is 15.4 Å². The molecule has 1 saturated heterocycles. The number of hydrogen-bond acceptors (Lipinski definition) is 3. The third kappa shape index (κ3) is 3.45. The number of halogens is 4. The third-order valence-electron chi connectivity index (χ3n) is 2.78. The molecule has 1 aliphatic rings. The second-order valence-electron chi connectivity index (χ2n) is 4.26. The Morgan fingerprint density at radius 1 is 1.40 bits per heavy atom. The van der Waals surface area contributed by atoms with Gasteiger partial charge in [-0.2, -0.15) is 13.2 Å². The molecule has 2 rings (SSSR count). The van der Waals surface area contributed by atoms with Gasteiger partial charge in [-0.15, -0.1) is 0 Å². The van der Waals surface area contributed by atoms with Gasteiger partial charge in [0.15, 0.2) is 0 Å². The number of morpholine rings is 1. The third-order valence-corrected chi connectivity index (χ3v) is 2.78. The molecule has 0 spiro atoms. The van der Waals surface area contributed by atoms with Gasteiger partial charge >= 0.3 is 6.18 Å². The molecule has 1 amide bonds. The van der Waals surface area contributed by atoms with E-state index in [0.717, 1.165) is 6.07 Å². The van der Waals surface area contributed by atoms with Gasteiger partial charge in [-0.1, -0.05) is 0 Å². The van der Waals surface area contributed by atoms with E-state index < -0.39 is 29.5 Å². The van der Waals surface area contributed by atoms with Gasteiger partial charge in [0.25, 0.3) is 0 Å². The summed E-state index contributed by atoms with van der Waals surface area (Å²) in [5.74, 6) is -1.90. The zero-order chi connectivity index (χ0) is 14.8. The minimum atomic E-state index is -4.81. The minimum Gasteiger partial charge on any atom is -0.378 e. The normalized spacial score (nSPS) is 19.7. The lowest BCUT2D eigenvalue weighted by Gasteiger charge is -2.23. The number of nitrogens with one attached hydrogen (secondary N) is 2. The molecular formula is C12H12F4N2O2. The van der Waals surface area contributed by atoms with E-state index in [4.69, 9.17) is 4.74 Å². The molecule has 1 aliphatic heterocycles. The highest BCUT2D eigenvalue weighted by Gasteiger charge is 2.34. The Balaban J connectivity index is 2.11. The minimum absolute atomic E-state index is 0.115. The largest absolute Gasteiger partial charge is 0.419 e. The Morgan fingerprint density at radius 2 is 2.15 bits per heavy atom. The number of benzene rings is 1. The lowest BCUT2D eigenvalue weighted by Crippen LogP contribution is -2.48. The molecule has 110 valence electrons. The van der Waals surface area contributed by atoms with Gasteiger partial charge in [-0.25, -0.2) is 4.39 Å². The first kappa shape index (κ1) is 14.7. The first-order valence-electron chi connectivity index (χ1n) is 5.86. The highest BCUT2D eigenvalue weighted by atomic mass is 19.4. The van der Waals surface area contributed by atoms with Crippen molar-refractivity contribution in [1.29, 1.82) is 0 Å². The van der Waals surface area contributed by atoms with Crippen molar-refractivity contribution in [3.05, 3.63) is 29.6 Å². The quantitative estimate of drug-likeness (QED) is 0.817.